The molecule has 5 heteroatoms. The number of ether oxygens (including phenoxy) is 1. The van der Waals surface area contributed by atoms with E-state index in [1.165, 1.54) is 12.7 Å². The zero-order valence-corrected chi connectivity index (χ0v) is 26.0. The van der Waals surface area contributed by atoms with Crippen molar-refractivity contribution in [2.24, 2.45) is 5.92 Å². The van der Waals surface area contributed by atoms with E-state index in [0.717, 1.165) is 48.4 Å². The Hall–Kier alpha value is -3.96. The Morgan fingerprint density at radius 3 is 2.19 bits per heavy atom. The first-order chi connectivity index (χ1) is 20.3. The number of nitrogens with one attached hydrogen (secondary N) is 1. The first-order valence-electron chi connectivity index (χ1n) is 15.0. The van der Waals surface area contributed by atoms with E-state index in [2.05, 4.69) is 68.3 Å². The summed E-state index contributed by atoms with van der Waals surface area (Å²) in [5.74, 6) is -0.0255. The van der Waals surface area contributed by atoms with Gasteiger partial charge in [-0.2, -0.15) is 0 Å². The summed E-state index contributed by atoms with van der Waals surface area (Å²) in [6.45, 7) is 13.0. The van der Waals surface area contributed by atoms with E-state index in [1.54, 1.807) is 0 Å². The van der Waals surface area contributed by atoms with E-state index >= 15 is 0 Å². The van der Waals surface area contributed by atoms with Crippen LogP contribution in [0.3, 0.4) is 0 Å². The Labute approximate surface area is 252 Å². The summed E-state index contributed by atoms with van der Waals surface area (Å²) < 4.78 is 5.13. The lowest BCUT2D eigenvalue weighted by Crippen LogP contribution is -2.29. The van der Waals surface area contributed by atoms with Gasteiger partial charge >= 0.3 is 5.97 Å². The summed E-state index contributed by atoms with van der Waals surface area (Å²) in [4.78, 5) is 28.3. The second-order valence-corrected chi connectivity index (χ2v) is 11.0. The Morgan fingerprint density at radius 1 is 0.905 bits per heavy atom. The minimum Gasteiger partial charge on any atom is -0.469 e. The summed E-state index contributed by atoms with van der Waals surface area (Å²) in [7, 11) is 1.45. The van der Waals surface area contributed by atoms with Gasteiger partial charge in [0.1, 0.15) is 0 Å². The molecule has 0 aliphatic rings. The van der Waals surface area contributed by atoms with E-state index in [9.17, 15) is 9.59 Å². The van der Waals surface area contributed by atoms with E-state index in [0.29, 0.717) is 11.5 Å². The minimum atomic E-state index is -0.286. The zero-order chi connectivity index (χ0) is 30.5. The number of benzene rings is 3. The third-order valence-corrected chi connectivity index (χ3v) is 7.82. The molecule has 3 aromatic carbocycles. The van der Waals surface area contributed by atoms with Crippen LogP contribution in [0, 0.1) is 5.92 Å². The lowest BCUT2D eigenvalue weighted by atomic mass is 9.85. The van der Waals surface area contributed by atoms with E-state index in [-0.39, 0.29) is 23.7 Å². The van der Waals surface area contributed by atoms with Crippen LogP contribution in [0.2, 0.25) is 0 Å². The van der Waals surface area contributed by atoms with Gasteiger partial charge in [-0.1, -0.05) is 113 Å². The standard InChI is InChI=1S/C37H46N2O3/c1-7-32(38-36(40)34-19-13-12-18-33(34)30-22-20-29(21-23-30)27(3)4)17-14-25-39(8-2)26-24-28(5)35(37(41)42-6)31-15-10-9-11-16-31/h7,9-23,27-28,35H,8,24-26H2,1-6H3,(H,38,40)/b17-14-,32-7+. The van der Waals surface area contributed by atoms with E-state index < -0.39 is 0 Å². The SMILES string of the molecule is C/C=C(\C=C/CN(CC)CCC(C)C(C(=O)OC)c1ccccc1)NC(=O)c1ccccc1-c1ccc(C(C)C)cc1. The minimum absolute atomic E-state index is 0.130. The first kappa shape index (κ1) is 32.6. The Bertz CT molecular complexity index is 1340. The van der Waals surface area contributed by atoms with E-state index in [4.69, 9.17) is 4.74 Å². The molecule has 0 fully saturated rings. The van der Waals surface area contributed by atoms with Crippen LogP contribution in [0.4, 0.5) is 0 Å². The fourth-order valence-electron chi connectivity index (χ4n) is 5.13. The molecule has 3 rings (SSSR count). The Balaban J connectivity index is 1.61. The molecule has 0 aliphatic heterocycles. The summed E-state index contributed by atoms with van der Waals surface area (Å²) in [6.07, 6.45) is 6.81. The van der Waals surface area contributed by atoms with Crippen molar-refractivity contribution < 1.29 is 14.3 Å². The van der Waals surface area contributed by atoms with Crippen LogP contribution in [0.15, 0.2) is 103 Å². The molecule has 0 saturated carbocycles. The molecule has 0 bridgehead atoms. The number of likely N-dealkylation sites (N-methyl/N-ethyl adjacent to an activating group) is 1. The normalized spacial score (nSPS) is 13.4. The first-order valence-corrected chi connectivity index (χ1v) is 15.0. The molecule has 2 atom stereocenters. The van der Waals surface area contributed by atoms with Crippen molar-refractivity contribution >= 4 is 11.9 Å². The number of allylic oxidation sites excluding steroid dienone is 2. The molecule has 42 heavy (non-hydrogen) atoms. The topological polar surface area (TPSA) is 58.6 Å². The highest BCUT2D eigenvalue weighted by molar-refractivity contribution is 6.01. The molecule has 222 valence electrons. The maximum Gasteiger partial charge on any atom is 0.313 e. The second kappa shape index (κ2) is 16.5. The van der Waals surface area contributed by atoms with Crippen molar-refractivity contribution in [2.75, 3.05) is 26.7 Å². The predicted molar refractivity (Wildman–Crippen MR) is 173 cm³/mol. The van der Waals surface area contributed by atoms with Gasteiger partial charge in [0.2, 0.25) is 0 Å². The molecule has 0 saturated heterocycles. The lowest BCUT2D eigenvalue weighted by Gasteiger charge is -2.25. The molecule has 1 N–H and O–H groups in total. The lowest BCUT2D eigenvalue weighted by molar-refractivity contribution is -0.143. The van der Waals surface area contributed by atoms with Crippen molar-refractivity contribution in [3.05, 3.63) is 119 Å². The second-order valence-electron chi connectivity index (χ2n) is 11.0. The summed E-state index contributed by atoms with van der Waals surface area (Å²) in [6, 6.07) is 26.0. The van der Waals surface area contributed by atoms with Gasteiger partial charge in [0.25, 0.3) is 5.91 Å². The highest BCUT2D eigenvalue weighted by atomic mass is 16.5. The summed E-state index contributed by atoms with van der Waals surface area (Å²) >= 11 is 0. The van der Waals surface area contributed by atoms with Crippen LogP contribution in [0.1, 0.15) is 74.4 Å². The van der Waals surface area contributed by atoms with Gasteiger partial charge in [-0.25, -0.2) is 0 Å². The maximum atomic E-state index is 13.3. The quantitative estimate of drug-likeness (QED) is 0.159. The molecule has 3 aromatic rings. The van der Waals surface area contributed by atoms with Gasteiger partial charge in [-0.3, -0.25) is 14.5 Å². The molecule has 0 spiro atoms. The van der Waals surface area contributed by atoms with Gasteiger partial charge < -0.3 is 10.1 Å². The number of methoxy groups -OCH3 is 1. The van der Waals surface area contributed by atoms with Crippen LogP contribution in [0.5, 0.6) is 0 Å². The van der Waals surface area contributed by atoms with Gasteiger partial charge in [0, 0.05) is 17.8 Å². The summed E-state index contributed by atoms with van der Waals surface area (Å²) in [5.41, 5.74) is 5.60. The van der Waals surface area contributed by atoms with Crippen LogP contribution < -0.4 is 5.32 Å². The molecule has 0 aromatic heterocycles. The van der Waals surface area contributed by atoms with Crippen LogP contribution in [0.25, 0.3) is 11.1 Å². The monoisotopic (exact) mass is 566 g/mol. The van der Waals surface area contributed by atoms with Gasteiger partial charge in [0.15, 0.2) is 0 Å². The Morgan fingerprint density at radius 2 is 1.57 bits per heavy atom. The third-order valence-electron chi connectivity index (χ3n) is 7.82. The third kappa shape index (κ3) is 9.02. The fraction of sp³-hybridized carbons (Fsp3) is 0.351. The number of nitrogens with zero attached hydrogens (tertiary/aromatic N) is 1. The van der Waals surface area contributed by atoms with Crippen LogP contribution in [-0.4, -0.2) is 43.5 Å². The number of hydrogen-bond donors (Lipinski definition) is 1. The molecule has 0 radical (unpaired) electrons. The number of carbonyl (C=O) groups is 2. The van der Waals surface area contributed by atoms with Crippen molar-refractivity contribution in [3.8, 4) is 11.1 Å². The molecular formula is C37H46N2O3. The number of esters is 1. The number of hydrogen-bond acceptors (Lipinski definition) is 4. The summed E-state index contributed by atoms with van der Waals surface area (Å²) in [5, 5.41) is 3.08. The molecular weight excluding hydrogens is 520 g/mol. The van der Waals surface area contributed by atoms with Crippen molar-refractivity contribution in [1.82, 2.24) is 10.2 Å². The van der Waals surface area contributed by atoms with Crippen molar-refractivity contribution in [3.63, 3.8) is 0 Å². The largest absolute Gasteiger partial charge is 0.469 e. The van der Waals surface area contributed by atoms with Crippen molar-refractivity contribution in [1.29, 1.82) is 0 Å². The smallest absolute Gasteiger partial charge is 0.313 e. The average Bonchev–Trinajstić information content (AvgIpc) is 3.02. The molecule has 5 nitrogen and oxygen atoms in total. The van der Waals surface area contributed by atoms with Crippen LogP contribution in [-0.2, 0) is 9.53 Å². The highest BCUT2D eigenvalue weighted by Gasteiger charge is 2.27. The molecule has 0 heterocycles. The number of amides is 1. The molecule has 2 unspecified atom stereocenters. The Kier molecular flexibility index (Phi) is 12.8. The zero-order valence-electron chi connectivity index (χ0n) is 26.0. The fourth-order valence-corrected chi connectivity index (χ4v) is 5.13. The predicted octanol–water partition coefficient (Wildman–Crippen LogP) is 7.97. The number of rotatable bonds is 14. The van der Waals surface area contributed by atoms with E-state index in [1.807, 2.05) is 73.7 Å². The van der Waals surface area contributed by atoms with Gasteiger partial charge in [0.05, 0.1) is 13.0 Å². The molecule has 0 aliphatic carbocycles. The van der Waals surface area contributed by atoms with Gasteiger partial charge in [-0.05, 0) is 72.7 Å². The maximum absolute atomic E-state index is 13.3. The average molecular weight is 567 g/mol. The van der Waals surface area contributed by atoms with Crippen LogP contribution >= 0.6 is 0 Å². The van der Waals surface area contributed by atoms with Crippen molar-refractivity contribution in [2.45, 2.75) is 52.9 Å². The van der Waals surface area contributed by atoms with Gasteiger partial charge in [-0.15, -0.1) is 0 Å². The molecule has 1 amide bonds. The number of carbonyl (C=O) groups excluding carboxylic acids is 2. The highest BCUT2D eigenvalue weighted by Crippen LogP contribution is 2.29.